The predicted molar refractivity (Wildman–Crippen MR) is 96.6 cm³/mol. The van der Waals surface area contributed by atoms with E-state index in [4.69, 9.17) is 24.4 Å². The van der Waals surface area contributed by atoms with Crippen LogP contribution in [0.2, 0.25) is 0 Å². The zero-order chi connectivity index (χ0) is 18.4. The summed E-state index contributed by atoms with van der Waals surface area (Å²) in [6.07, 6.45) is -4.44. The van der Waals surface area contributed by atoms with E-state index in [-0.39, 0.29) is 21.7 Å². The van der Waals surface area contributed by atoms with Gasteiger partial charge in [-0.3, -0.25) is 10.9 Å². The summed E-state index contributed by atoms with van der Waals surface area (Å²) < 4.78 is 50.8. The molecule has 0 heterocycles. The molecule has 0 aliphatic heterocycles. The average Bonchev–Trinajstić information content (AvgIpc) is 2.55. The number of hydrazine groups is 1. The maximum Gasteiger partial charge on any atom is 0.416 e. The van der Waals surface area contributed by atoms with Crippen molar-refractivity contribution in [3.63, 3.8) is 0 Å². The largest absolute Gasteiger partial charge is 0.416 e. The number of benzene rings is 2. The minimum absolute atomic E-state index is 0.0163. The lowest BCUT2D eigenvalue weighted by Crippen LogP contribution is -2.45. The molecule has 0 amide bonds. The normalized spacial score (nSPS) is 10.7. The molecule has 0 aliphatic rings. The van der Waals surface area contributed by atoms with E-state index < -0.39 is 11.7 Å². The molecule has 2 aromatic carbocycles. The van der Waals surface area contributed by atoms with E-state index in [1.165, 1.54) is 36.4 Å². The summed E-state index contributed by atoms with van der Waals surface area (Å²) in [5.74, 6) is -0.381. The van der Waals surface area contributed by atoms with Gasteiger partial charge in [-0.15, -0.1) is 0 Å². The van der Waals surface area contributed by atoms with Crippen molar-refractivity contribution in [1.29, 1.82) is 0 Å². The first-order valence-corrected chi connectivity index (χ1v) is 7.62. The van der Waals surface area contributed by atoms with E-state index in [1.807, 2.05) is 0 Å². The van der Waals surface area contributed by atoms with Gasteiger partial charge in [-0.25, -0.2) is 4.39 Å². The average molecular weight is 388 g/mol. The predicted octanol–water partition coefficient (Wildman–Crippen LogP) is 4.03. The minimum atomic E-state index is -4.44. The number of rotatable bonds is 2. The van der Waals surface area contributed by atoms with Crippen molar-refractivity contribution in [2.45, 2.75) is 6.18 Å². The number of thiocarbonyl (C=S) groups is 2. The molecular formula is C15H12F4N4S2. The summed E-state index contributed by atoms with van der Waals surface area (Å²) in [5, 5.41) is 5.53. The van der Waals surface area contributed by atoms with E-state index in [0.717, 1.165) is 12.1 Å². The highest BCUT2D eigenvalue weighted by molar-refractivity contribution is 7.81. The molecule has 0 spiro atoms. The van der Waals surface area contributed by atoms with Gasteiger partial charge >= 0.3 is 6.18 Å². The van der Waals surface area contributed by atoms with Crippen molar-refractivity contribution in [2.24, 2.45) is 0 Å². The fraction of sp³-hybridized carbons (Fsp3) is 0.0667. The highest BCUT2D eigenvalue weighted by Gasteiger charge is 2.30. The third-order valence-corrected chi connectivity index (χ3v) is 3.25. The van der Waals surface area contributed by atoms with Crippen LogP contribution in [0.1, 0.15) is 5.56 Å². The van der Waals surface area contributed by atoms with E-state index in [2.05, 4.69) is 21.5 Å². The first-order chi connectivity index (χ1) is 11.7. The Balaban J connectivity index is 1.84. The maximum absolute atomic E-state index is 12.8. The van der Waals surface area contributed by atoms with Gasteiger partial charge in [-0.2, -0.15) is 13.2 Å². The fourth-order valence-electron chi connectivity index (χ4n) is 1.74. The highest BCUT2D eigenvalue weighted by atomic mass is 32.1. The van der Waals surface area contributed by atoms with Gasteiger partial charge in [0.2, 0.25) is 0 Å². The van der Waals surface area contributed by atoms with Crippen LogP contribution < -0.4 is 21.5 Å². The van der Waals surface area contributed by atoms with Crippen LogP contribution >= 0.6 is 24.4 Å². The first kappa shape index (κ1) is 18.9. The molecule has 2 aromatic rings. The monoisotopic (exact) mass is 388 g/mol. The van der Waals surface area contributed by atoms with Crippen molar-refractivity contribution < 1.29 is 17.6 Å². The molecule has 0 atom stereocenters. The highest BCUT2D eigenvalue weighted by Crippen LogP contribution is 2.30. The van der Waals surface area contributed by atoms with Crippen molar-refractivity contribution >= 4 is 46.0 Å². The van der Waals surface area contributed by atoms with Crippen LogP contribution in [0.15, 0.2) is 48.5 Å². The minimum Gasteiger partial charge on any atom is -0.331 e. The maximum atomic E-state index is 12.8. The van der Waals surface area contributed by atoms with Crippen LogP contribution in [0.3, 0.4) is 0 Å². The zero-order valence-electron chi connectivity index (χ0n) is 12.4. The van der Waals surface area contributed by atoms with Crippen molar-refractivity contribution in [1.82, 2.24) is 10.9 Å². The molecule has 25 heavy (non-hydrogen) atoms. The lowest BCUT2D eigenvalue weighted by molar-refractivity contribution is -0.137. The molecule has 0 radical (unpaired) electrons. The third kappa shape index (κ3) is 6.16. The molecule has 0 unspecified atom stereocenters. The van der Waals surface area contributed by atoms with Gasteiger partial charge in [0, 0.05) is 11.4 Å². The summed E-state index contributed by atoms with van der Waals surface area (Å²) in [7, 11) is 0. The molecule has 0 bridgehead atoms. The van der Waals surface area contributed by atoms with Gasteiger partial charge in [0.25, 0.3) is 0 Å². The number of halogens is 4. The molecule has 0 saturated heterocycles. The summed E-state index contributed by atoms with van der Waals surface area (Å²) in [6.45, 7) is 0. The molecule has 0 aromatic heterocycles. The van der Waals surface area contributed by atoms with Crippen molar-refractivity contribution in [3.05, 3.63) is 59.9 Å². The molecular weight excluding hydrogens is 376 g/mol. The standard InChI is InChI=1S/C15H12F4N4S2/c16-10-4-6-11(7-5-10)20-13(24)22-23-14(25)21-12-3-1-2-9(8-12)15(17,18)19/h1-8H,(H2,20,22,24)(H2,21,23,25). The summed E-state index contributed by atoms with van der Waals surface area (Å²) in [6, 6.07) is 10.1. The Morgan fingerprint density at radius 1 is 0.800 bits per heavy atom. The Hall–Kier alpha value is -2.46. The van der Waals surface area contributed by atoms with E-state index in [1.54, 1.807) is 0 Å². The molecule has 10 heteroatoms. The smallest absolute Gasteiger partial charge is 0.331 e. The van der Waals surface area contributed by atoms with Gasteiger partial charge in [-0.05, 0) is 66.9 Å². The van der Waals surface area contributed by atoms with Crippen LogP contribution in [0.25, 0.3) is 0 Å². The van der Waals surface area contributed by atoms with Crippen LogP contribution in [0.5, 0.6) is 0 Å². The van der Waals surface area contributed by atoms with E-state index in [0.29, 0.717) is 5.69 Å². The van der Waals surface area contributed by atoms with Crippen molar-refractivity contribution in [3.8, 4) is 0 Å². The van der Waals surface area contributed by atoms with Gasteiger partial charge in [0.15, 0.2) is 10.2 Å². The second-order valence-corrected chi connectivity index (χ2v) is 5.56. The van der Waals surface area contributed by atoms with Crippen LogP contribution in [0.4, 0.5) is 28.9 Å². The number of nitrogens with one attached hydrogen (secondary N) is 4. The summed E-state index contributed by atoms with van der Waals surface area (Å²) >= 11 is 9.98. The van der Waals surface area contributed by atoms with Gasteiger partial charge in [0.05, 0.1) is 5.56 Å². The Kier molecular flexibility index (Phi) is 6.10. The van der Waals surface area contributed by atoms with Gasteiger partial charge < -0.3 is 10.6 Å². The van der Waals surface area contributed by atoms with E-state index in [9.17, 15) is 17.6 Å². The Bertz CT molecular complexity index is 763. The Labute approximate surface area is 151 Å². The van der Waals surface area contributed by atoms with Crippen LogP contribution in [0, 0.1) is 5.82 Å². The summed E-state index contributed by atoms with van der Waals surface area (Å²) in [5.41, 5.74) is 5.03. The first-order valence-electron chi connectivity index (χ1n) is 6.81. The van der Waals surface area contributed by atoms with Gasteiger partial charge in [-0.1, -0.05) is 6.07 Å². The zero-order valence-corrected chi connectivity index (χ0v) is 14.1. The topological polar surface area (TPSA) is 48.1 Å². The van der Waals surface area contributed by atoms with Crippen LogP contribution in [-0.4, -0.2) is 10.2 Å². The number of hydrogen-bond acceptors (Lipinski definition) is 2. The third-order valence-electron chi connectivity index (χ3n) is 2.84. The SMILES string of the molecule is Fc1ccc(NC(=S)NNC(=S)Nc2cccc(C(F)(F)F)c2)cc1. The lowest BCUT2D eigenvalue weighted by Gasteiger charge is -2.15. The molecule has 132 valence electrons. The second-order valence-electron chi connectivity index (χ2n) is 4.74. The fourth-order valence-corrected chi connectivity index (χ4v) is 2.08. The second kappa shape index (κ2) is 8.08. The van der Waals surface area contributed by atoms with E-state index >= 15 is 0 Å². The van der Waals surface area contributed by atoms with Crippen molar-refractivity contribution in [2.75, 3.05) is 10.6 Å². The number of anilines is 2. The lowest BCUT2D eigenvalue weighted by atomic mass is 10.2. The number of hydrogen-bond donors (Lipinski definition) is 4. The molecule has 0 saturated carbocycles. The Morgan fingerprint density at radius 3 is 1.92 bits per heavy atom. The molecule has 4 N–H and O–H groups in total. The summed E-state index contributed by atoms with van der Waals surface area (Å²) in [4.78, 5) is 0. The molecule has 0 fully saturated rings. The molecule has 4 nitrogen and oxygen atoms in total. The quantitative estimate of drug-likeness (QED) is 0.354. The van der Waals surface area contributed by atoms with Gasteiger partial charge in [0.1, 0.15) is 5.82 Å². The number of alkyl halides is 3. The molecule has 2 rings (SSSR count). The molecule has 0 aliphatic carbocycles. The van der Waals surface area contributed by atoms with Crippen LogP contribution in [-0.2, 0) is 6.18 Å². The Morgan fingerprint density at radius 2 is 1.36 bits per heavy atom.